The third kappa shape index (κ3) is 7.27. The lowest BCUT2D eigenvalue weighted by Crippen LogP contribution is -2.42. The lowest BCUT2D eigenvalue weighted by Gasteiger charge is -2.37. The molecule has 0 spiro atoms. The second kappa shape index (κ2) is 8.74. The van der Waals surface area contributed by atoms with E-state index in [-0.39, 0.29) is 23.0 Å². The van der Waals surface area contributed by atoms with Crippen LogP contribution in [0.25, 0.3) is 0 Å². The van der Waals surface area contributed by atoms with E-state index in [4.69, 9.17) is 9.16 Å². The second-order valence-corrected chi connectivity index (χ2v) is 12.0. The molecule has 21 heavy (non-hydrogen) atoms. The Bertz CT molecular complexity index is 342. The molecule has 2 atom stereocenters. The van der Waals surface area contributed by atoms with Crippen LogP contribution in [0.3, 0.4) is 0 Å². The maximum Gasteiger partial charge on any atom is 0.312 e. The number of ether oxygens (including phenoxy) is 1. The minimum Gasteiger partial charge on any atom is -0.469 e. The van der Waals surface area contributed by atoms with E-state index in [1.807, 2.05) is 19.1 Å². The van der Waals surface area contributed by atoms with Crippen LogP contribution in [0.15, 0.2) is 12.2 Å². The summed E-state index contributed by atoms with van der Waals surface area (Å²) < 4.78 is 11.1. The van der Waals surface area contributed by atoms with E-state index >= 15 is 0 Å². The zero-order valence-corrected chi connectivity index (χ0v) is 16.2. The first-order valence-corrected chi connectivity index (χ1v) is 10.9. The van der Waals surface area contributed by atoms with E-state index in [2.05, 4.69) is 40.8 Å². The number of hydrogen-bond acceptors (Lipinski definition) is 3. The Kier molecular flexibility index (Phi) is 8.48. The van der Waals surface area contributed by atoms with Crippen molar-refractivity contribution >= 4 is 14.3 Å². The van der Waals surface area contributed by atoms with E-state index in [0.717, 1.165) is 19.3 Å². The van der Waals surface area contributed by atoms with Crippen molar-refractivity contribution in [2.24, 2.45) is 5.92 Å². The topological polar surface area (TPSA) is 35.5 Å². The summed E-state index contributed by atoms with van der Waals surface area (Å²) in [6, 6.07) is 0. The summed E-state index contributed by atoms with van der Waals surface area (Å²) in [5.41, 5.74) is 0. The Hall–Kier alpha value is -0.613. The predicted octanol–water partition coefficient (Wildman–Crippen LogP) is 4.93. The SMILES string of the molecule is CCCC[C@@H](/C=C/[C@@H](C)O[Si](C)(C)C(C)(C)C)C(=O)OC. The van der Waals surface area contributed by atoms with E-state index in [9.17, 15) is 4.79 Å². The number of carbonyl (C=O) groups is 1. The zero-order chi connectivity index (χ0) is 16.7. The van der Waals surface area contributed by atoms with Gasteiger partial charge < -0.3 is 9.16 Å². The van der Waals surface area contributed by atoms with Crippen molar-refractivity contribution < 1.29 is 14.0 Å². The Morgan fingerprint density at radius 2 is 1.81 bits per heavy atom. The number of methoxy groups -OCH3 is 1. The first-order valence-electron chi connectivity index (χ1n) is 7.99. The highest BCUT2D eigenvalue weighted by Crippen LogP contribution is 2.37. The molecule has 0 aromatic rings. The van der Waals surface area contributed by atoms with Gasteiger partial charge in [-0.1, -0.05) is 52.7 Å². The monoisotopic (exact) mass is 314 g/mol. The van der Waals surface area contributed by atoms with Gasteiger partial charge in [0, 0.05) is 0 Å². The van der Waals surface area contributed by atoms with Crippen molar-refractivity contribution in [3.63, 3.8) is 0 Å². The van der Waals surface area contributed by atoms with E-state index in [1.165, 1.54) is 7.11 Å². The normalized spacial score (nSPS) is 16.0. The van der Waals surface area contributed by atoms with Crippen LogP contribution in [0.2, 0.25) is 18.1 Å². The predicted molar refractivity (Wildman–Crippen MR) is 91.9 cm³/mol. The van der Waals surface area contributed by atoms with Gasteiger partial charge in [-0.2, -0.15) is 0 Å². The van der Waals surface area contributed by atoms with E-state index in [0.29, 0.717) is 0 Å². The third-order valence-electron chi connectivity index (χ3n) is 4.27. The molecule has 0 bridgehead atoms. The standard InChI is InChI=1S/C17H34O3Si/c1-9-10-11-15(16(18)19-6)13-12-14(2)20-21(7,8)17(3,4)5/h12-15H,9-11H2,1-8H3/b13-12+/t14-,15+/m1/s1. The first kappa shape index (κ1) is 20.4. The van der Waals surface area contributed by atoms with Crippen LogP contribution in [0, 0.1) is 5.92 Å². The van der Waals surface area contributed by atoms with Gasteiger partial charge in [0.1, 0.15) is 0 Å². The summed E-state index contributed by atoms with van der Waals surface area (Å²) in [4.78, 5) is 11.8. The maximum atomic E-state index is 11.8. The molecule has 124 valence electrons. The number of hydrogen-bond donors (Lipinski definition) is 0. The van der Waals surface area contributed by atoms with Crippen molar-refractivity contribution in [3.8, 4) is 0 Å². The summed E-state index contributed by atoms with van der Waals surface area (Å²) in [6.45, 7) is 15.3. The van der Waals surface area contributed by atoms with Gasteiger partial charge >= 0.3 is 5.97 Å². The molecule has 3 nitrogen and oxygen atoms in total. The van der Waals surface area contributed by atoms with Crippen LogP contribution in [0.5, 0.6) is 0 Å². The highest BCUT2D eigenvalue weighted by Gasteiger charge is 2.38. The van der Waals surface area contributed by atoms with Crippen molar-refractivity contribution in [1.82, 2.24) is 0 Å². The molecule has 0 aliphatic heterocycles. The van der Waals surface area contributed by atoms with Gasteiger partial charge in [-0.3, -0.25) is 4.79 Å². The average molecular weight is 315 g/mol. The molecule has 0 N–H and O–H groups in total. The average Bonchev–Trinajstić information content (AvgIpc) is 2.36. The van der Waals surface area contributed by atoms with Crippen LogP contribution in [0.4, 0.5) is 0 Å². The largest absolute Gasteiger partial charge is 0.469 e. The van der Waals surface area contributed by atoms with Gasteiger partial charge in [-0.15, -0.1) is 0 Å². The highest BCUT2D eigenvalue weighted by atomic mass is 28.4. The van der Waals surface area contributed by atoms with E-state index < -0.39 is 8.32 Å². The lowest BCUT2D eigenvalue weighted by atomic mass is 10.0. The molecule has 0 saturated carbocycles. The third-order valence-corrected chi connectivity index (χ3v) is 8.85. The van der Waals surface area contributed by atoms with Crippen molar-refractivity contribution in [2.45, 2.75) is 78.1 Å². The molecular weight excluding hydrogens is 280 g/mol. The molecule has 0 radical (unpaired) electrons. The summed E-state index contributed by atoms with van der Waals surface area (Å²) >= 11 is 0. The summed E-state index contributed by atoms with van der Waals surface area (Å²) in [6.07, 6.45) is 6.95. The Labute approximate surface area is 132 Å². The number of rotatable bonds is 8. The molecule has 0 fully saturated rings. The zero-order valence-electron chi connectivity index (χ0n) is 15.2. The fraction of sp³-hybridized carbons (Fsp3) is 0.824. The van der Waals surface area contributed by atoms with Crippen molar-refractivity contribution in [2.75, 3.05) is 7.11 Å². The van der Waals surface area contributed by atoms with Gasteiger partial charge in [0.25, 0.3) is 0 Å². The van der Waals surface area contributed by atoms with Crippen LogP contribution >= 0.6 is 0 Å². The minimum atomic E-state index is -1.77. The molecule has 0 aromatic heterocycles. The molecule has 4 heteroatoms. The Morgan fingerprint density at radius 3 is 2.24 bits per heavy atom. The fourth-order valence-electron chi connectivity index (χ4n) is 1.84. The minimum absolute atomic E-state index is 0.0275. The molecule has 0 amide bonds. The summed E-state index contributed by atoms with van der Waals surface area (Å²) in [7, 11) is -0.319. The molecule has 0 rings (SSSR count). The van der Waals surface area contributed by atoms with Gasteiger partial charge in [0.2, 0.25) is 0 Å². The Morgan fingerprint density at radius 1 is 1.24 bits per heavy atom. The smallest absolute Gasteiger partial charge is 0.312 e. The van der Waals surface area contributed by atoms with Gasteiger partial charge in [-0.05, 0) is 31.5 Å². The van der Waals surface area contributed by atoms with Gasteiger partial charge in [0.05, 0.1) is 19.1 Å². The number of unbranched alkanes of at least 4 members (excludes halogenated alkanes) is 1. The molecule has 0 aromatic carbocycles. The molecule has 0 saturated heterocycles. The van der Waals surface area contributed by atoms with Crippen molar-refractivity contribution in [3.05, 3.63) is 12.2 Å². The molecule has 0 aliphatic carbocycles. The van der Waals surface area contributed by atoms with Gasteiger partial charge in [0.15, 0.2) is 8.32 Å². The van der Waals surface area contributed by atoms with Gasteiger partial charge in [-0.25, -0.2) is 0 Å². The highest BCUT2D eigenvalue weighted by molar-refractivity contribution is 6.74. The number of carbonyl (C=O) groups excluding carboxylic acids is 1. The van der Waals surface area contributed by atoms with Crippen LogP contribution in [-0.4, -0.2) is 27.5 Å². The van der Waals surface area contributed by atoms with Crippen LogP contribution in [0.1, 0.15) is 53.9 Å². The number of esters is 1. The van der Waals surface area contributed by atoms with Crippen LogP contribution in [-0.2, 0) is 14.0 Å². The second-order valence-electron chi connectivity index (χ2n) is 7.24. The van der Waals surface area contributed by atoms with Crippen LogP contribution < -0.4 is 0 Å². The summed E-state index contributed by atoms with van der Waals surface area (Å²) in [5, 5.41) is 0.194. The quantitative estimate of drug-likeness (QED) is 0.362. The molecule has 0 heterocycles. The van der Waals surface area contributed by atoms with Crippen molar-refractivity contribution in [1.29, 1.82) is 0 Å². The maximum absolute atomic E-state index is 11.8. The molecular formula is C17H34O3Si. The summed E-state index contributed by atoms with van der Waals surface area (Å²) in [5.74, 6) is -0.306. The lowest BCUT2D eigenvalue weighted by molar-refractivity contribution is -0.143. The molecule has 0 unspecified atom stereocenters. The first-order chi connectivity index (χ1) is 9.55. The Balaban J connectivity index is 4.70. The molecule has 0 aliphatic rings. The van der Waals surface area contributed by atoms with E-state index in [1.54, 1.807) is 0 Å². The fourth-order valence-corrected chi connectivity index (χ4v) is 3.20.